The molecule has 0 unspecified atom stereocenters. The van der Waals surface area contributed by atoms with E-state index in [4.69, 9.17) is 9.47 Å². The van der Waals surface area contributed by atoms with Gasteiger partial charge < -0.3 is 9.47 Å². The first-order valence-electron chi connectivity index (χ1n) is 9.80. The molecule has 0 aromatic heterocycles. The summed E-state index contributed by atoms with van der Waals surface area (Å²) in [4.78, 5) is 10.2. The summed E-state index contributed by atoms with van der Waals surface area (Å²) < 4.78 is 39.2. The second kappa shape index (κ2) is 10.5. The predicted molar refractivity (Wildman–Crippen MR) is 126 cm³/mol. The van der Waals surface area contributed by atoms with Crippen molar-refractivity contribution >= 4 is 33.3 Å². The summed E-state index contributed by atoms with van der Waals surface area (Å²) in [5, 5.41) is 15.3. The molecule has 0 atom stereocenters. The van der Waals surface area contributed by atoms with Gasteiger partial charge in [-0.2, -0.15) is 5.10 Å². The molecule has 0 aliphatic carbocycles. The number of nitro benzene ring substituents is 1. The van der Waals surface area contributed by atoms with Crippen molar-refractivity contribution in [2.45, 2.75) is 11.8 Å². The van der Waals surface area contributed by atoms with Crippen molar-refractivity contribution in [2.75, 3.05) is 23.9 Å². The van der Waals surface area contributed by atoms with E-state index in [1.54, 1.807) is 42.5 Å². The summed E-state index contributed by atoms with van der Waals surface area (Å²) in [6.07, 6.45) is 1.49. The van der Waals surface area contributed by atoms with Gasteiger partial charge in [-0.25, -0.2) is 8.42 Å². The highest BCUT2D eigenvalue weighted by Gasteiger charge is 2.23. The molecular weight excluding hydrogens is 448 g/mol. The number of methoxy groups -OCH3 is 1. The summed E-state index contributed by atoms with van der Waals surface area (Å²) in [7, 11) is -2.82. The monoisotopic (exact) mass is 470 g/mol. The van der Waals surface area contributed by atoms with Gasteiger partial charge in [0.2, 0.25) is 0 Å². The molecule has 3 rings (SSSR count). The third-order valence-electron chi connectivity index (χ3n) is 4.41. The normalized spacial score (nSPS) is 11.2. The molecule has 0 bridgehead atoms. The Morgan fingerprint density at radius 1 is 1.06 bits per heavy atom. The zero-order chi connectivity index (χ0) is 23.8. The van der Waals surface area contributed by atoms with E-state index in [1.807, 2.05) is 6.92 Å². The molecule has 172 valence electrons. The lowest BCUT2D eigenvalue weighted by molar-refractivity contribution is -0.385. The number of hydrazone groups is 1. The molecule has 10 nitrogen and oxygen atoms in total. The third-order valence-corrected chi connectivity index (χ3v) is 5.81. The number of sulfonamides is 1. The fourth-order valence-corrected chi connectivity index (χ4v) is 4.11. The van der Waals surface area contributed by atoms with Gasteiger partial charge in [0.15, 0.2) is 0 Å². The van der Waals surface area contributed by atoms with Gasteiger partial charge >= 0.3 is 0 Å². The number of rotatable bonds is 10. The van der Waals surface area contributed by atoms with Crippen LogP contribution in [0, 0.1) is 10.1 Å². The molecule has 0 aliphatic rings. The number of hydrogen-bond donors (Lipinski definition) is 2. The van der Waals surface area contributed by atoms with Gasteiger partial charge in [0.1, 0.15) is 16.4 Å². The van der Waals surface area contributed by atoms with E-state index in [0.29, 0.717) is 18.1 Å². The van der Waals surface area contributed by atoms with E-state index in [9.17, 15) is 18.5 Å². The minimum absolute atomic E-state index is 0.0604. The number of para-hydroxylation sites is 2. The molecule has 0 saturated heterocycles. The number of non-ortho nitro benzene ring substituents is 1. The second-order valence-corrected chi connectivity index (χ2v) is 8.27. The fourth-order valence-electron chi connectivity index (χ4n) is 2.86. The maximum atomic E-state index is 13.1. The third kappa shape index (κ3) is 5.98. The van der Waals surface area contributed by atoms with Crippen molar-refractivity contribution in [3.63, 3.8) is 0 Å². The molecule has 0 fully saturated rings. The summed E-state index contributed by atoms with van der Waals surface area (Å²) >= 11 is 0. The maximum Gasteiger partial charge on any atom is 0.270 e. The summed E-state index contributed by atoms with van der Waals surface area (Å²) in [6.45, 7) is 2.44. The van der Waals surface area contributed by atoms with Crippen molar-refractivity contribution in [3.8, 4) is 11.5 Å². The number of ether oxygens (including phenoxy) is 2. The highest BCUT2D eigenvalue weighted by Crippen LogP contribution is 2.31. The van der Waals surface area contributed by atoms with Crippen LogP contribution in [0.3, 0.4) is 0 Å². The van der Waals surface area contributed by atoms with E-state index < -0.39 is 14.9 Å². The zero-order valence-corrected chi connectivity index (χ0v) is 18.7. The van der Waals surface area contributed by atoms with Gasteiger partial charge in [-0.3, -0.25) is 20.3 Å². The van der Waals surface area contributed by atoms with Crippen LogP contribution < -0.4 is 19.6 Å². The minimum atomic E-state index is -4.23. The fraction of sp³-hybridized carbons (Fsp3) is 0.136. The average Bonchev–Trinajstić information content (AvgIpc) is 2.80. The Morgan fingerprint density at radius 2 is 1.79 bits per heavy atom. The molecule has 0 spiro atoms. The van der Waals surface area contributed by atoms with Crippen LogP contribution in [0.15, 0.2) is 76.7 Å². The Kier molecular flexibility index (Phi) is 7.46. The first kappa shape index (κ1) is 23.5. The van der Waals surface area contributed by atoms with E-state index in [0.717, 1.165) is 11.6 Å². The Balaban J connectivity index is 1.90. The summed E-state index contributed by atoms with van der Waals surface area (Å²) in [5.41, 5.74) is 3.27. The zero-order valence-electron chi connectivity index (χ0n) is 17.9. The molecule has 2 N–H and O–H groups in total. The van der Waals surface area contributed by atoms with Gasteiger partial charge in [0.25, 0.3) is 15.7 Å². The molecule has 3 aromatic rings. The second-order valence-electron chi connectivity index (χ2n) is 6.62. The molecule has 0 heterocycles. The predicted octanol–water partition coefficient (Wildman–Crippen LogP) is 4.25. The number of anilines is 2. The van der Waals surface area contributed by atoms with E-state index in [-0.39, 0.29) is 22.0 Å². The van der Waals surface area contributed by atoms with Gasteiger partial charge in [-0.15, -0.1) is 0 Å². The smallest absolute Gasteiger partial charge is 0.270 e. The molecule has 0 radical (unpaired) electrons. The van der Waals surface area contributed by atoms with Crippen LogP contribution in [0.2, 0.25) is 0 Å². The van der Waals surface area contributed by atoms with Crippen LogP contribution in [0.25, 0.3) is 0 Å². The molecule has 0 amide bonds. The SMILES string of the molecule is CCOc1ccc(C=NNc2ccc([N+](=O)[O-])cc2S(=O)(=O)Nc2ccccc2OC)cc1. The highest BCUT2D eigenvalue weighted by atomic mass is 32.2. The van der Waals surface area contributed by atoms with Crippen LogP contribution >= 0.6 is 0 Å². The lowest BCUT2D eigenvalue weighted by Crippen LogP contribution is -2.15. The Morgan fingerprint density at radius 3 is 2.45 bits per heavy atom. The van der Waals surface area contributed by atoms with Crippen molar-refractivity contribution in [3.05, 3.63) is 82.4 Å². The molecule has 33 heavy (non-hydrogen) atoms. The molecule has 3 aromatic carbocycles. The number of nitrogens with zero attached hydrogens (tertiary/aromatic N) is 2. The Labute approximate surface area is 191 Å². The van der Waals surface area contributed by atoms with Gasteiger partial charge in [-0.1, -0.05) is 12.1 Å². The first-order chi connectivity index (χ1) is 15.8. The first-order valence-corrected chi connectivity index (χ1v) is 11.3. The van der Waals surface area contributed by atoms with Crippen molar-refractivity contribution in [1.82, 2.24) is 0 Å². The maximum absolute atomic E-state index is 13.1. The number of nitrogens with one attached hydrogen (secondary N) is 2. The van der Waals surface area contributed by atoms with Crippen LogP contribution in [0.4, 0.5) is 17.1 Å². The van der Waals surface area contributed by atoms with E-state index in [1.165, 1.54) is 31.5 Å². The number of hydrogen-bond acceptors (Lipinski definition) is 8. The number of nitro groups is 1. The van der Waals surface area contributed by atoms with E-state index in [2.05, 4.69) is 15.2 Å². The lowest BCUT2D eigenvalue weighted by Gasteiger charge is -2.14. The highest BCUT2D eigenvalue weighted by molar-refractivity contribution is 7.93. The van der Waals surface area contributed by atoms with Crippen LogP contribution in [0.5, 0.6) is 11.5 Å². The van der Waals surface area contributed by atoms with Crippen LogP contribution in [0.1, 0.15) is 12.5 Å². The Bertz CT molecular complexity index is 1260. The van der Waals surface area contributed by atoms with Gasteiger partial charge in [0, 0.05) is 12.1 Å². The molecule has 0 aliphatic heterocycles. The molecular formula is C22H22N4O6S. The van der Waals surface area contributed by atoms with Crippen molar-refractivity contribution < 1.29 is 22.8 Å². The van der Waals surface area contributed by atoms with Crippen molar-refractivity contribution in [1.29, 1.82) is 0 Å². The quantitative estimate of drug-likeness (QED) is 0.257. The van der Waals surface area contributed by atoms with Gasteiger partial charge in [0.05, 0.1) is 36.2 Å². The summed E-state index contributed by atoms with van der Waals surface area (Å²) in [6, 6.07) is 17.0. The van der Waals surface area contributed by atoms with Crippen molar-refractivity contribution in [2.24, 2.45) is 5.10 Å². The minimum Gasteiger partial charge on any atom is -0.495 e. The number of benzene rings is 3. The molecule has 0 saturated carbocycles. The standard InChI is InChI=1S/C22H22N4O6S/c1-3-32-18-11-8-16(9-12-18)15-23-24-20-13-10-17(26(27)28)14-22(20)33(29,30)25-19-6-4-5-7-21(19)31-2/h4-15,24-25H,3H2,1-2H3. The largest absolute Gasteiger partial charge is 0.495 e. The summed E-state index contributed by atoms with van der Waals surface area (Å²) in [5.74, 6) is 1.02. The van der Waals surface area contributed by atoms with Crippen LogP contribution in [-0.2, 0) is 10.0 Å². The van der Waals surface area contributed by atoms with E-state index >= 15 is 0 Å². The lowest BCUT2D eigenvalue weighted by atomic mass is 10.2. The van der Waals surface area contributed by atoms with Crippen LogP contribution in [-0.4, -0.2) is 33.3 Å². The Hall–Kier alpha value is -4.12. The molecule has 11 heteroatoms. The van der Waals surface area contributed by atoms with Gasteiger partial charge in [-0.05, 0) is 55.0 Å². The topological polar surface area (TPSA) is 132 Å². The average molecular weight is 471 g/mol.